The second-order valence-electron chi connectivity index (χ2n) is 5.57. The molecule has 21 heavy (non-hydrogen) atoms. The van der Waals surface area contributed by atoms with Crippen LogP contribution >= 0.6 is 27.3 Å². The Kier molecular flexibility index (Phi) is 6.40. The lowest BCUT2D eigenvalue weighted by Crippen LogP contribution is -2.21. The first-order chi connectivity index (χ1) is 10.1. The summed E-state index contributed by atoms with van der Waals surface area (Å²) in [6.07, 6.45) is 3.14. The van der Waals surface area contributed by atoms with Gasteiger partial charge in [-0.3, -0.25) is 0 Å². The lowest BCUT2D eigenvalue weighted by molar-refractivity contribution is 0.589. The van der Waals surface area contributed by atoms with Gasteiger partial charge in [-0.15, -0.1) is 11.3 Å². The van der Waals surface area contributed by atoms with Crippen LogP contribution in [0.2, 0.25) is 0 Å². The van der Waals surface area contributed by atoms with Gasteiger partial charge in [0.2, 0.25) is 0 Å². The number of aryl methyl sites for hydroxylation is 1. The molecule has 0 spiro atoms. The Hall–Kier alpha value is -0.710. The van der Waals surface area contributed by atoms with Crippen LogP contribution in [0.3, 0.4) is 0 Å². The van der Waals surface area contributed by atoms with Gasteiger partial charge < -0.3 is 5.32 Å². The van der Waals surface area contributed by atoms with E-state index in [1.54, 1.807) is 0 Å². The molecule has 2 aromatic rings. The third kappa shape index (κ3) is 5.20. The van der Waals surface area contributed by atoms with E-state index in [0.29, 0.717) is 6.04 Å². The smallest absolute Gasteiger partial charge is 0.0975 e. The maximum atomic E-state index is 4.87. The second-order valence-corrected chi connectivity index (χ2v) is 7.65. The second kappa shape index (κ2) is 8.06. The lowest BCUT2D eigenvalue weighted by Gasteiger charge is -2.07. The number of benzene rings is 1. The molecule has 0 unspecified atom stereocenters. The van der Waals surface area contributed by atoms with E-state index in [-0.39, 0.29) is 0 Å². The van der Waals surface area contributed by atoms with Crippen molar-refractivity contribution in [3.8, 4) is 0 Å². The van der Waals surface area contributed by atoms with Crippen LogP contribution in [0.25, 0.3) is 0 Å². The zero-order valence-electron chi connectivity index (χ0n) is 12.9. The largest absolute Gasteiger partial charge is 0.310 e. The van der Waals surface area contributed by atoms with Gasteiger partial charge in [0.1, 0.15) is 0 Å². The summed E-state index contributed by atoms with van der Waals surface area (Å²) in [4.78, 5) is 6.26. The Labute approximate surface area is 140 Å². The van der Waals surface area contributed by atoms with Crippen molar-refractivity contribution in [2.24, 2.45) is 0 Å². The molecule has 4 heteroatoms. The topological polar surface area (TPSA) is 24.9 Å². The number of hydrogen-bond donors (Lipinski definition) is 1. The Balaban J connectivity index is 2.14. The van der Waals surface area contributed by atoms with Crippen molar-refractivity contribution in [3.05, 3.63) is 49.9 Å². The van der Waals surface area contributed by atoms with Crippen LogP contribution in [0.4, 0.5) is 0 Å². The fourth-order valence-corrected chi connectivity index (χ4v) is 3.75. The summed E-state index contributed by atoms with van der Waals surface area (Å²) < 4.78 is 1.13. The highest BCUT2D eigenvalue weighted by atomic mass is 79.9. The molecule has 0 bridgehead atoms. The molecule has 0 saturated heterocycles. The fourth-order valence-electron chi connectivity index (χ4n) is 2.20. The first kappa shape index (κ1) is 16.7. The van der Waals surface area contributed by atoms with Crippen LogP contribution in [-0.2, 0) is 19.4 Å². The average molecular weight is 367 g/mol. The summed E-state index contributed by atoms with van der Waals surface area (Å²) in [7, 11) is 0. The number of nitrogens with one attached hydrogen (secondary N) is 1. The molecular formula is C17H23BrN2S. The minimum absolute atomic E-state index is 0.509. The summed E-state index contributed by atoms with van der Waals surface area (Å²) in [5.74, 6) is 0. The number of thiazole rings is 1. The molecule has 0 saturated carbocycles. The fraction of sp³-hybridized carbons (Fsp3) is 0.471. The van der Waals surface area contributed by atoms with Gasteiger partial charge in [0.05, 0.1) is 10.7 Å². The van der Waals surface area contributed by atoms with Crippen molar-refractivity contribution < 1.29 is 0 Å². The van der Waals surface area contributed by atoms with E-state index in [0.717, 1.165) is 30.3 Å². The molecule has 0 aliphatic rings. The molecule has 0 aliphatic heterocycles. The Morgan fingerprint density at radius 2 is 2.14 bits per heavy atom. The highest BCUT2D eigenvalue weighted by Crippen LogP contribution is 2.23. The van der Waals surface area contributed by atoms with Crippen molar-refractivity contribution in [3.63, 3.8) is 0 Å². The van der Waals surface area contributed by atoms with Gasteiger partial charge in [0.25, 0.3) is 0 Å². The minimum atomic E-state index is 0.509. The highest BCUT2D eigenvalue weighted by Gasteiger charge is 2.11. The first-order valence-corrected chi connectivity index (χ1v) is 9.14. The van der Waals surface area contributed by atoms with E-state index in [1.807, 2.05) is 11.3 Å². The van der Waals surface area contributed by atoms with E-state index in [1.165, 1.54) is 21.1 Å². The molecule has 1 aromatic heterocycles. The maximum absolute atomic E-state index is 4.87. The minimum Gasteiger partial charge on any atom is -0.310 e. The van der Waals surface area contributed by atoms with Crippen molar-refractivity contribution in [1.82, 2.24) is 10.3 Å². The van der Waals surface area contributed by atoms with Gasteiger partial charge in [-0.05, 0) is 24.1 Å². The summed E-state index contributed by atoms with van der Waals surface area (Å²) in [6.45, 7) is 7.52. The molecule has 114 valence electrons. The number of hydrogen-bond acceptors (Lipinski definition) is 3. The van der Waals surface area contributed by atoms with E-state index < -0.39 is 0 Å². The SMILES string of the molecule is CCCc1nc(Cc2cccc(Br)c2)sc1CNC(C)C. The molecule has 0 fully saturated rings. The Bertz CT molecular complexity index is 578. The van der Waals surface area contributed by atoms with E-state index >= 15 is 0 Å². The standard InChI is InChI=1S/C17H23BrN2S/c1-4-6-15-16(11-19-12(2)3)21-17(20-15)10-13-7-5-8-14(18)9-13/h5,7-9,12,19H,4,6,10-11H2,1-3H3. The summed E-state index contributed by atoms with van der Waals surface area (Å²) in [6, 6.07) is 8.99. The maximum Gasteiger partial charge on any atom is 0.0975 e. The molecule has 2 rings (SSSR count). The molecule has 0 amide bonds. The molecular weight excluding hydrogens is 344 g/mol. The van der Waals surface area contributed by atoms with Crippen LogP contribution in [0.5, 0.6) is 0 Å². The highest BCUT2D eigenvalue weighted by molar-refractivity contribution is 9.10. The van der Waals surface area contributed by atoms with Gasteiger partial charge in [0.15, 0.2) is 0 Å². The molecule has 1 N–H and O–H groups in total. The number of halogens is 1. The van der Waals surface area contributed by atoms with Gasteiger partial charge in [-0.1, -0.05) is 55.3 Å². The number of rotatable bonds is 7. The summed E-state index contributed by atoms with van der Waals surface area (Å²) >= 11 is 5.39. The monoisotopic (exact) mass is 366 g/mol. The predicted octanol–water partition coefficient (Wildman–Crippen LogP) is 4.95. The quantitative estimate of drug-likeness (QED) is 0.749. The predicted molar refractivity (Wildman–Crippen MR) is 95.0 cm³/mol. The van der Waals surface area contributed by atoms with E-state index in [2.05, 4.69) is 66.3 Å². The van der Waals surface area contributed by atoms with Crippen molar-refractivity contribution >= 4 is 27.3 Å². The van der Waals surface area contributed by atoms with Crippen molar-refractivity contribution in [2.45, 2.75) is 52.6 Å². The third-order valence-electron chi connectivity index (χ3n) is 3.22. The molecule has 1 aromatic carbocycles. The Morgan fingerprint density at radius 1 is 1.33 bits per heavy atom. The van der Waals surface area contributed by atoms with Crippen LogP contribution < -0.4 is 5.32 Å². The van der Waals surface area contributed by atoms with Crippen LogP contribution in [0.1, 0.15) is 48.3 Å². The van der Waals surface area contributed by atoms with Crippen molar-refractivity contribution in [1.29, 1.82) is 0 Å². The molecule has 2 nitrogen and oxygen atoms in total. The average Bonchev–Trinajstić information content (AvgIpc) is 2.79. The summed E-state index contributed by atoms with van der Waals surface area (Å²) in [5, 5.41) is 4.73. The number of aromatic nitrogens is 1. The van der Waals surface area contributed by atoms with Crippen LogP contribution in [-0.4, -0.2) is 11.0 Å². The molecule has 0 aliphatic carbocycles. The first-order valence-electron chi connectivity index (χ1n) is 7.53. The molecule has 0 radical (unpaired) electrons. The zero-order valence-corrected chi connectivity index (χ0v) is 15.4. The van der Waals surface area contributed by atoms with Gasteiger partial charge in [-0.2, -0.15) is 0 Å². The summed E-state index contributed by atoms with van der Waals surface area (Å²) in [5.41, 5.74) is 2.59. The van der Waals surface area contributed by atoms with Crippen LogP contribution in [0.15, 0.2) is 28.7 Å². The molecule has 0 atom stereocenters. The lowest BCUT2D eigenvalue weighted by atomic mass is 10.1. The van der Waals surface area contributed by atoms with E-state index in [4.69, 9.17) is 4.98 Å². The van der Waals surface area contributed by atoms with Crippen LogP contribution in [0, 0.1) is 0 Å². The third-order valence-corrected chi connectivity index (χ3v) is 4.82. The van der Waals surface area contributed by atoms with Gasteiger partial charge >= 0.3 is 0 Å². The number of nitrogens with zero attached hydrogens (tertiary/aromatic N) is 1. The normalized spacial score (nSPS) is 11.3. The van der Waals surface area contributed by atoms with Gasteiger partial charge in [0, 0.05) is 28.4 Å². The Morgan fingerprint density at radius 3 is 2.81 bits per heavy atom. The zero-order chi connectivity index (χ0) is 15.2. The van der Waals surface area contributed by atoms with Crippen molar-refractivity contribution in [2.75, 3.05) is 0 Å². The van der Waals surface area contributed by atoms with Gasteiger partial charge in [-0.25, -0.2) is 4.98 Å². The van der Waals surface area contributed by atoms with E-state index in [9.17, 15) is 0 Å². The molecule has 1 heterocycles.